The third-order valence-electron chi connectivity index (χ3n) is 4.70. The van der Waals surface area contributed by atoms with Crippen LogP contribution in [0, 0.1) is 0 Å². The summed E-state index contributed by atoms with van der Waals surface area (Å²) >= 11 is 0. The molecule has 0 aliphatic carbocycles. The number of anilines is 3. The lowest BCUT2D eigenvalue weighted by Gasteiger charge is -2.26. The van der Waals surface area contributed by atoms with E-state index in [0.717, 1.165) is 30.3 Å². The Morgan fingerprint density at radius 1 is 0.846 bits per heavy atom. The van der Waals surface area contributed by atoms with Gasteiger partial charge in [0.15, 0.2) is 0 Å². The van der Waals surface area contributed by atoms with E-state index >= 15 is 0 Å². The zero-order valence-electron chi connectivity index (χ0n) is 14.9. The first kappa shape index (κ1) is 16.6. The average Bonchev–Trinajstić information content (AvgIpc) is 3.11. The summed E-state index contributed by atoms with van der Waals surface area (Å²) in [6.45, 7) is 2.16. The van der Waals surface area contributed by atoms with E-state index in [1.165, 1.54) is 32.1 Å². The van der Waals surface area contributed by atoms with Crippen LogP contribution in [0.15, 0.2) is 55.0 Å². The standard InChI is InChI=1S/C20H24N6/c1-2-7-13-25(14-8-3-1)19-15-18(11-12-21-19)26-16-22-20(24-26)23-17-9-5-4-6-10-17/h4-6,9-12,15-16H,1-3,7-8,13-14H2,(H,23,24). The topological polar surface area (TPSA) is 58.9 Å². The van der Waals surface area contributed by atoms with Crippen molar-refractivity contribution in [3.05, 3.63) is 55.0 Å². The molecule has 1 N–H and O–H groups in total. The molecule has 1 fully saturated rings. The van der Waals surface area contributed by atoms with Crippen LogP contribution in [-0.4, -0.2) is 32.8 Å². The Hall–Kier alpha value is -2.89. The number of para-hydroxylation sites is 1. The SMILES string of the molecule is c1ccc(Nc2ncn(-c3ccnc(N4CCCCCCC4)c3)n2)cc1. The van der Waals surface area contributed by atoms with Crippen molar-refractivity contribution >= 4 is 17.5 Å². The van der Waals surface area contributed by atoms with Crippen LogP contribution in [0.2, 0.25) is 0 Å². The highest BCUT2D eigenvalue weighted by molar-refractivity contribution is 5.53. The van der Waals surface area contributed by atoms with Crippen LogP contribution in [-0.2, 0) is 0 Å². The van der Waals surface area contributed by atoms with E-state index in [1.807, 2.05) is 42.6 Å². The third-order valence-corrected chi connectivity index (χ3v) is 4.70. The van der Waals surface area contributed by atoms with Crippen LogP contribution < -0.4 is 10.2 Å². The summed E-state index contributed by atoms with van der Waals surface area (Å²) in [6, 6.07) is 14.0. The van der Waals surface area contributed by atoms with E-state index in [2.05, 4.69) is 31.3 Å². The van der Waals surface area contributed by atoms with Gasteiger partial charge in [0.2, 0.25) is 5.95 Å². The van der Waals surface area contributed by atoms with Crippen molar-refractivity contribution < 1.29 is 0 Å². The molecular formula is C20H24N6. The number of hydrogen-bond acceptors (Lipinski definition) is 5. The maximum atomic E-state index is 4.58. The Morgan fingerprint density at radius 3 is 2.42 bits per heavy atom. The summed E-state index contributed by atoms with van der Waals surface area (Å²) in [7, 11) is 0. The summed E-state index contributed by atoms with van der Waals surface area (Å²) in [5, 5.41) is 7.76. The van der Waals surface area contributed by atoms with E-state index in [0.29, 0.717) is 5.95 Å². The number of hydrogen-bond donors (Lipinski definition) is 1. The molecule has 3 aromatic rings. The van der Waals surface area contributed by atoms with Crippen molar-refractivity contribution in [2.75, 3.05) is 23.3 Å². The predicted octanol–water partition coefficient (Wildman–Crippen LogP) is 4.18. The van der Waals surface area contributed by atoms with Gasteiger partial charge in [-0.1, -0.05) is 37.5 Å². The second-order valence-corrected chi connectivity index (χ2v) is 6.63. The van der Waals surface area contributed by atoms with Gasteiger partial charge in [-0.2, -0.15) is 4.98 Å². The van der Waals surface area contributed by atoms with Crippen molar-refractivity contribution in [2.45, 2.75) is 32.1 Å². The van der Waals surface area contributed by atoms with Crippen LogP contribution in [0.4, 0.5) is 17.5 Å². The molecule has 0 atom stereocenters. The molecule has 0 saturated carbocycles. The van der Waals surface area contributed by atoms with Crippen LogP contribution in [0.25, 0.3) is 5.69 Å². The minimum atomic E-state index is 0.584. The molecule has 4 rings (SSSR count). The Bertz CT molecular complexity index is 821. The molecule has 0 amide bonds. The van der Waals surface area contributed by atoms with Gasteiger partial charge in [0, 0.05) is 31.0 Å². The molecule has 1 saturated heterocycles. The van der Waals surface area contributed by atoms with Gasteiger partial charge in [-0.3, -0.25) is 0 Å². The van der Waals surface area contributed by atoms with Crippen molar-refractivity contribution in [1.82, 2.24) is 19.7 Å². The van der Waals surface area contributed by atoms with Crippen molar-refractivity contribution in [3.63, 3.8) is 0 Å². The zero-order valence-corrected chi connectivity index (χ0v) is 14.9. The molecule has 1 aliphatic rings. The van der Waals surface area contributed by atoms with Gasteiger partial charge in [0.1, 0.15) is 12.1 Å². The molecule has 2 aromatic heterocycles. The zero-order chi connectivity index (χ0) is 17.6. The summed E-state index contributed by atoms with van der Waals surface area (Å²) in [5.74, 6) is 1.61. The molecule has 6 heteroatoms. The Balaban J connectivity index is 1.51. The number of nitrogens with zero attached hydrogens (tertiary/aromatic N) is 5. The Kier molecular flexibility index (Phi) is 5.09. The van der Waals surface area contributed by atoms with Gasteiger partial charge < -0.3 is 10.2 Å². The van der Waals surface area contributed by atoms with Crippen LogP contribution in [0.1, 0.15) is 32.1 Å². The lowest BCUT2D eigenvalue weighted by Crippen LogP contribution is -2.27. The smallest absolute Gasteiger partial charge is 0.246 e. The quantitative estimate of drug-likeness (QED) is 0.766. The second-order valence-electron chi connectivity index (χ2n) is 6.63. The van der Waals surface area contributed by atoms with Crippen LogP contribution in [0.5, 0.6) is 0 Å². The van der Waals surface area contributed by atoms with Gasteiger partial charge in [-0.15, -0.1) is 5.10 Å². The van der Waals surface area contributed by atoms with Gasteiger partial charge >= 0.3 is 0 Å². The van der Waals surface area contributed by atoms with E-state index < -0.39 is 0 Å². The summed E-state index contributed by atoms with van der Waals surface area (Å²) < 4.78 is 1.79. The molecule has 1 aliphatic heterocycles. The van der Waals surface area contributed by atoms with Crippen LogP contribution in [0.3, 0.4) is 0 Å². The number of rotatable bonds is 4. The van der Waals surface area contributed by atoms with Gasteiger partial charge in [0.25, 0.3) is 0 Å². The minimum Gasteiger partial charge on any atom is -0.357 e. The number of benzene rings is 1. The van der Waals surface area contributed by atoms with E-state index in [-0.39, 0.29) is 0 Å². The molecule has 1 aromatic carbocycles. The normalized spacial score (nSPS) is 15.3. The Morgan fingerprint density at radius 2 is 1.62 bits per heavy atom. The first-order valence-corrected chi connectivity index (χ1v) is 9.34. The highest BCUT2D eigenvalue weighted by Crippen LogP contribution is 2.20. The van der Waals surface area contributed by atoms with Crippen LogP contribution >= 0.6 is 0 Å². The maximum Gasteiger partial charge on any atom is 0.246 e. The molecule has 26 heavy (non-hydrogen) atoms. The third kappa shape index (κ3) is 4.02. The fourth-order valence-corrected chi connectivity index (χ4v) is 3.29. The lowest BCUT2D eigenvalue weighted by atomic mass is 10.1. The number of aromatic nitrogens is 4. The van der Waals surface area contributed by atoms with E-state index in [9.17, 15) is 0 Å². The van der Waals surface area contributed by atoms with E-state index in [4.69, 9.17) is 0 Å². The first-order chi connectivity index (χ1) is 12.9. The number of pyridine rings is 1. The maximum absolute atomic E-state index is 4.58. The first-order valence-electron chi connectivity index (χ1n) is 9.34. The highest BCUT2D eigenvalue weighted by Gasteiger charge is 2.12. The summed E-state index contributed by atoms with van der Waals surface area (Å²) in [4.78, 5) is 11.3. The molecule has 6 nitrogen and oxygen atoms in total. The molecular weight excluding hydrogens is 324 g/mol. The highest BCUT2D eigenvalue weighted by atomic mass is 15.4. The molecule has 0 bridgehead atoms. The monoisotopic (exact) mass is 348 g/mol. The predicted molar refractivity (Wildman–Crippen MR) is 104 cm³/mol. The molecule has 134 valence electrons. The number of nitrogens with one attached hydrogen (secondary N) is 1. The second kappa shape index (κ2) is 7.99. The largest absolute Gasteiger partial charge is 0.357 e. The molecule has 0 radical (unpaired) electrons. The molecule has 0 unspecified atom stereocenters. The van der Waals surface area contributed by atoms with Gasteiger partial charge in [-0.25, -0.2) is 9.67 Å². The molecule has 3 heterocycles. The minimum absolute atomic E-state index is 0.584. The fourth-order valence-electron chi connectivity index (χ4n) is 3.29. The molecule has 0 spiro atoms. The van der Waals surface area contributed by atoms with E-state index in [1.54, 1.807) is 11.0 Å². The van der Waals surface area contributed by atoms with Gasteiger partial charge in [0.05, 0.1) is 5.69 Å². The fraction of sp³-hybridized carbons (Fsp3) is 0.350. The van der Waals surface area contributed by atoms with Crippen molar-refractivity contribution in [2.24, 2.45) is 0 Å². The summed E-state index contributed by atoms with van der Waals surface area (Å²) in [6.07, 6.45) is 10.0. The van der Waals surface area contributed by atoms with Gasteiger partial charge in [-0.05, 0) is 31.0 Å². The summed E-state index contributed by atoms with van der Waals surface area (Å²) in [5.41, 5.74) is 1.95. The lowest BCUT2D eigenvalue weighted by molar-refractivity contribution is 0.553. The Labute approximate surface area is 153 Å². The van der Waals surface area contributed by atoms with Crippen molar-refractivity contribution in [3.8, 4) is 5.69 Å². The average molecular weight is 348 g/mol. The van der Waals surface area contributed by atoms with Crippen molar-refractivity contribution in [1.29, 1.82) is 0 Å².